The maximum absolute atomic E-state index is 12.3. The summed E-state index contributed by atoms with van der Waals surface area (Å²) in [5, 5.41) is 3.01. The molecule has 1 N–H and O–H groups in total. The molecule has 122 valence electrons. The first-order valence-electron chi connectivity index (χ1n) is 7.47. The minimum Gasteiger partial charge on any atom is -0.349 e. The SMILES string of the molecule is CCCS(=O)(=O)N1CCC(NC(=O)c2ccccc2I)CC1. The second kappa shape index (κ2) is 7.74. The molecule has 1 heterocycles. The van der Waals surface area contributed by atoms with Crippen LogP contribution in [0.4, 0.5) is 0 Å². The summed E-state index contributed by atoms with van der Waals surface area (Å²) in [6.07, 6.45) is 1.96. The van der Waals surface area contributed by atoms with Gasteiger partial charge >= 0.3 is 0 Å². The summed E-state index contributed by atoms with van der Waals surface area (Å²) in [5.41, 5.74) is 0.670. The van der Waals surface area contributed by atoms with Gasteiger partial charge in [0.2, 0.25) is 10.0 Å². The van der Waals surface area contributed by atoms with Crippen LogP contribution in [-0.4, -0.2) is 43.5 Å². The first kappa shape index (κ1) is 17.7. The van der Waals surface area contributed by atoms with E-state index in [1.807, 2.05) is 25.1 Å². The van der Waals surface area contributed by atoms with Crippen molar-refractivity contribution in [1.82, 2.24) is 9.62 Å². The van der Waals surface area contributed by atoms with Crippen LogP contribution < -0.4 is 5.32 Å². The second-order valence-corrected chi connectivity index (χ2v) is 8.69. The number of rotatable bonds is 5. The number of carbonyl (C=O) groups excluding carboxylic acids is 1. The van der Waals surface area contributed by atoms with E-state index in [0.717, 1.165) is 3.57 Å². The number of piperidine rings is 1. The standard InChI is InChI=1S/C15H21IN2O3S/c1-2-11-22(20,21)18-9-7-12(8-10-18)17-15(19)13-5-3-4-6-14(13)16/h3-6,12H,2,7-11H2,1H3,(H,17,19). The molecule has 1 aromatic rings. The summed E-state index contributed by atoms with van der Waals surface area (Å²) >= 11 is 2.14. The molecule has 0 radical (unpaired) electrons. The van der Waals surface area contributed by atoms with Gasteiger partial charge in [0.05, 0.1) is 11.3 Å². The summed E-state index contributed by atoms with van der Waals surface area (Å²) in [7, 11) is -3.12. The van der Waals surface area contributed by atoms with Gasteiger partial charge in [0.1, 0.15) is 0 Å². The van der Waals surface area contributed by atoms with Crippen LogP contribution in [0, 0.1) is 3.57 Å². The number of hydrogen-bond acceptors (Lipinski definition) is 3. The number of nitrogens with zero attached hydrogens (tertiary/aromatic N) is 1. The highest BCUT2D eigenvalue weighted by molar-refractivity contribution is 14.1. The molecule has 1 aliphatic rings. The van der Waals surface area contributed by atoms with E-state index in [0.29, 0.717) is 37.9 Å². The summed E-state index contributed by atoms with van der Waals surface area (Å²) in [4.78, 5) is 12.3. The van der Waals surface area contributed by atoms with Gasteiger partial charge < -0.3 is 5.32 Å². The Morgan fingerprint density at radius 2 is 1.95 bits per heavy atom. The van der Waals surface area contributed by atoms with Crippen molar-refractivity contribution in [2.24, 2.45) is 0 Å². The zero-order valence-corrected chi connectivity index (χ0v) is 15.6. The summed E-state index contributed by atoms with van der Waals surface area (Å²) in [6, 6.07) is 7.48. The Kier molecular flexibility index (Phi) is 6.22. The smallest absolute Gasteiger partial charge is 0.252 e. The molecule has 0 atom stereocenters. The molecule has 2 rings (SSSR count). The van der Waals surface area contributed by atoms with Gasteiger partial charge in [-0.1, -0.05) is 19.1 Å². The quantitative estimate of drug-likeness (QED) is 0.721. The van der Waals surface area contributed by atoms with Gasteiger partial charge in [-0.05, 0) is 54.0 Å². The van der Waals surface area contributed by atoms with Crippen molar-refractivity contribution in [2.45, 2.75) is 32.2 Å². The van der Waals surface area contributed by atoms with E-state index >= 15 is 0 Å². The topological polar surface area (TPSA) is 66.5 Å². The molecule has 0 aliphatic carbocycles. The summed E-state index contributed by atoms with van der Waals surface area (Å²) < 4.78 is 26.5. The lowest BCUT2D eigenvalue weighted by molar-refractivity contribution is 0.0923. The highest BCUT2D eigenvalue weighted by Gasteiger charge is 2.28. The van der Waals surface area contributed by atoms with Crippen LogP contribution in [-0.2, 0) is 10.0 Å². The first-order chi connectivity index (χ1) is 10.4. The fraction of sp³-hybridized carbons (Fsp3) is 0.533. The summed E-state index contributed by atoms with van der Waals surface area (Å²) in [5.74, 6) is 0.117. The maximum atomic E-state index is 12.3. The Labute approximate surface area is 145 Å². The normalized spacial score (nSPS) is 17.4. The first-order valence-corrected chi connectivity index (χ1v) is 10.2. The second-order valence-electron chi connectivity index (χ2n) is 5.44. The number of nitrogens with one attached hydrogen (secondary N) is 1. The van der Waals surface area contributed by atoms with E-state index in [-0.39, 0.29) is 17.7 Å². The zero-order valence-electron chi connectivity index (χ0n) is 12.6. The van der Waals surface area contributed by atoms with Crippen molar-refractivity contribution in [2.75, 3.05) is 18.8 Å². The van der Waals surface area contributed by atoms with E-state index in [2.05, 4.69) is 27.9 Å². The van der Waals surface area contributed by atoms with Gasteiger partial charge in [0, 0.05) is 22.7 Å². The molecule has 7 heteroatoms. The molecule has 0 saturated carbocycles. The number of amides is 1. The molecule has 0 unspecified atom stereocenters. The van der Waals surface area contributed by atoms with Gasteiger partial charge in [0.15, 0.2) is 0 Å². The molecule has 1 aromatic carbocycles. The van der Waals surface area contributed by atoms with Crippen LogP contribution >= 0.6 is 22.6 Å². The van der Waals surface area contributed by atoms with Crippen molar-refractivity contribution in [3.63, 3.8) is 0 Å². The fourth-order valence-electron chi connectivity index (χ4n) is 2.57. The Bertz CT molecular complexity index is 625. The number of halogens is 1. The van der Waals surface area contributed by atoms with E-state index in [1.165, 1.54) is 0 Å². The van der Waals surface area contributed by atoms with E-state index in [1.54, 1.807) is 10.4 Å². The highest BCUT2D eigenvalue weighted by atomic mass is 127. The Morgan fingerprint density at radius 3 is 2.55 bits per heavy atom. The number of carbonyl (C=O) groups is 1. The number of hydrogen-bond donors (Lipinski definition) is 1. The van der Waals surface area contributed by atoms with Crippen LogP contribution in [0.15, 0.2) is 24.3 Å². The lowest BCUT2D eigenvalue weighted by Crippen LogP contribution is -2.47. The third-order valence-corrected chi connectivity index (χ3v) is 6.78. The average molecular weight is 436 g/mol. The molecule has 0 aromatic heterocycles. The van der Waals surface area contributed by atoms with Crippen molar-refractivity contribution < 1.29 is 13.2 Å². The lowest BCUT2D eigenvalue weighted by Gasteiger charge is -2.31. The fourth-order valence-corrected chi connectivity index (χ4v) is 4.75. The van der Waals surface area contributed by atoms with Gasteiger partial charge in [0.25, 0.3) is 5.91 Å². The highest BCUT2D eigenvalue weighted by Crippen LogP contribution is 2.17. The van der Waals surface area contributed by atoms with E-state index in [9.17, 15) is 13.2 Å². The maximum Gasteiger partial charge on any atom is 0.252 e. The Balaban J connectivity index is 1.90. The molecule has 1 saturated heterocycles. The van der Waals surface area contributed by atoms with Crippen LogP contribution in [0.3, 0.4) is 0 Å². The molecule has 1 amide bonds. The van der Waals surface area contributed by atoms with Crippen molar-refractivity contribution in [3.8, 4) is 0 Å². The van der Waals surface area contributed by atoms with E-state index in [4.69, 9.17) is 0 Å². The van der Waals surface area contributed by atoms with Crippen LogP contribution in [0.2, 0.25) is 0 Å². The number of benzene rings is 1. The minimum atomic E-state index is -3.12. The van der Waals surface area contributed by atoms with E-state index < -0.39 is 10.0 Å². The van der Waals surface area contributed by atoms with Gasteiger partial charge in [-0.2, -0.15) is 0 Å². The lowest BCUT2D eigenvalue weighted by atomic mass is 10.1. The van der Waals surface area contributed by atoms with Crippen LogP contribution in [0.5, 0.6) is 0 Å². The monoisotopic (exact) mass is 436 g/mol. The molecular weight excluding hydrogens is 415 g/mol. The number of sulfonamides is 1. The van der Waals surface area contributed by atoms with Crippen molar-refractivity contribution in [3.05, 3.63) is 33.4 Å². The molecule has 5 nitrogen and oxygen atoms in total. The summed E-state index contributed by atoms with van der Waals surface area (Å²) in [6.45, 7) is 2.84. The van der Waals surface area contributed by atoms with Crippen LogP contribution in [0.25, 0.3) is 0 Å². The van der Waals surface area contributed by atoms with Gasteiger partial charge in [-0.3, -0.25) is 4.79 Å². The molecule has 22 heavy (non-hydrogen) atoms. The third-order valence-electron chi connectivity index (χ3n) is 3.76. The molecule has 0 spiro atoms. The predicted octanol–water partition coefficient (Wildman–Crippen LogP) is 2.23. The Morgan fingerprint density at radius 1 is 1.32 bits per heavy atom. The van der Waals surface area contributed by atoms with Crippen molar-refractivity contribution >= 4 is 38.5 Å². The largest absolute Gasteiger partial charge is 0.349 e. The average Bonchev–Trinajstić information content (AvgIpc) is 2.48. The molecule has 1 aliphatic heterocycles. The minimum absolute atomic E-state index is 0.0385. The van der Waals surface area contributed by atoms with Crippen molar-refractivity contribution in [1.29, 1.82) is 0 Å². The molecule has 1 fully saturated rings. The van der Waals surface area contributed by atoms with Gasteiger partial charge in [-0.15, -0.1) is 0 Å². The van der Waals surface area contributed by atoms with Gasteiger partial charge in [-0.25, -0.2) is 12.7 Å². The molecular formula is C15H21IN2O3S. The molecule has 0 bridgehead atoms. The third kappa shape index (κ3) is 4.42. The Hall–Kier alpha value is -0.670. The zero-order chi connectivity index (χ0) is 16.2. The predicted molar refractivity (Wildman–Crippen MR) is 95.3 cm³/mol. The van der Waals surface area contributed by atoms with Crippen LogP contribution in [0.1, 0.15) is 36.5 Å².